The minimum absolute atomic E-state index is 0.0423. The molecule has 0 amide bonds. The Morgan fingerprint density at radius 3 is 2.50 bits per heavy atom. The standard InChI is InChI=1S/C25H29N3O4S2/c1-6-20-12-23-24(16(4)26-20)17(5)27-28(23)13-18-8-9-21(19(11-18)14-32-7-2)22-10-15(3)33-25(22)34(29,30)31/h8-12H,6-7,13-14H2,1-5H3,(H,29,30,31). The second-order valence-corrected chi connectivity index (χ2v) is 11.2. The number of benzene rings is 1. The minimum atomic E-state index is -4.33. The molecule has 0 saturated heterocycles. The predicted octanol–water partition coefficient (Wildman–Crippen LogP) is 5.48. The number of nitrogens with zero attached hydrogens (tertiary/aromatic N) is 3. The van der Waals surface area contributed by atoms with Crippen molar-refractivity contribution in [3.05, 3.63) is 63.4 Å². The molecule has 0 bridgehead atoms. The van der Waals surface area contributed by atoms with Crippen LogP contribution in [-0.2, 0) is 34.4 Å². The maximum Gasteiger partial charge on any atom is 0.304 e. The Bertz CT molecular complexity index is 1470. The van der Waals surface area contributed by atoms with Gasteiger partial charge in [-0.15, -0.1) is 11.3 Å². The molecule has 0 aliphatic rings. The molecule has 0 spiro atoms. The van der Waals surface area contributed by atoms with Crippen LogP contribution in [0.3, 0.4) is 0 Å². The van der Waals surface area contributed by atoms with E-state index in [1.165, 1.54) is 0 Å². The quantitative estimate of drug-likeness (QED) is 0.323. The van der Waals surface area contributed by atoms with Crippen molar-refractivity contribution in [2.75, 3.05) is 6.61 Å². The van der Waals surface area contributed by atoms with Crippen molar-refractivity contribution in [3.63, 3.8) is 0 Å². The zero-order valence-corrected chi connectivity index (χ0v) is 21.7. The lowest BCUT2D eigenvalue weighted by Crippen LogP contribution is -2.05. The van der Waals surface area contributed by atoms with E-state index in [-0.39, 0.29) is 4.21 Å². The zero-order chi connectivity index (χ0) is 24.6. The van der Waals surface area contributed by atoms with E-state index in [2.05, 4.69) is 18.0 Å². The molecule has 180 valence electrons. The van der Waals surface area contributed by atoms with E-state index in [9.17, 15) is 13.0 Å². The average Bonchev–Trinajstić information content (AvgIpc) is 3.32. The van der Waals surface area contributed by atoms with E-state index in [1.54, 1.807) is 6.07 Å². The third kappa shape index (κ3) is 4.79. The molecular weight excluding hydrogens is 470 g/mol. The van der Waals surface area contributed by atoms with E-state index in [1.807, 2.05) is 50.6 Å². The number of ether oxygens (including phenoxy) is 1. The molecule has 0 atom stereocenters. The molecule has 4 aromatic rings. The third-order valence-electron chi connectivity index (χ3n) is 5.81. The van der Waals surface area contributed by atoms with Crippen molar-refractivity contribution in [2.45, 2.75) is 58.4 Å². The van der Waals surface area contributed by atoms with Gasteiger partial charge in [-0.2, -0.15) is 13.5 Å². The van der Waals surface area contributed by atoms with Gasteiger partial charge in [0.15, 0.2) is 4.21 Å². The largest absolute Gasteiger partial charge is 0.377 e. The van der Waals surface area contributed by atoms with Gasteiger partial charge >= 0.3 is 10.1 Å². The van der Waals surface area contributed by atoms with Gasteiger partial charge in [-0.25, -0.2) is 0 Å². The van der Waals surface area contributed by atoms with Crippen LogP contribution in [0.15, 0.2) is 34.5 Å². The Kier molecular flexibility index (Phi) is 6.91. The lowest BCUT2D eigenvalue weighted by Gasteiger charge is -2.13. The number of rotatable bonds is 8. The molecule has 1 aromatic carbocycles. The van der Waals surface area contributed by atoms with Gasteiger partial charge in [0.25, 0.3) is 0 Å². The van der Waals surface area contributed by atoms with Crippen molar-refractivity contribution >= 4 is 32.4 Å². The van der Waals surface area contributed by atoms with Crippen LogP contribution in [0.5, 0.6) is 0 Å². The summed E-state index contributed by atoms with van der Waals surface area (Å²) in [7, 11) is -4.33. The van der Waals surface area contributed by atoms with Crippen molar-refractivity contribution in [2.24, 2.45) is 0 Å². The number of thiophene rings is 1. The molecule has 3 aromatic heterocycles. The molecule has 0 aliphatic carbocycles. The van der Waals surface area contributed by atoms with Crippen LogP contribution < -0.4 is 0 Å². The summed E-state index contributed by atoms with van der Waals surface area (Å²) in [5, 5.41) is 5.86. The molecule has 7 nitrogen and oxygen atoms in total. The van der Waals surface area contributed by atoms with Gasteiger partial charge in [-0.3, -0.25) is 14.2 Å². The highest BCUT2D eigenvalue weighted by atomic mass is 32.3. The summed E-state index contributed by atoms with van der Waals surface area (Å²) in [6, 6.07) is 9.81. The van der Waals surface area contributed by atoms with Crippen LogP contribution in [0.25, 0.3) is 22.0 Å². The third-order valence-corrected chi connectivity index (χ3v) is 8.23. The number of hydrogen-bond acceptors (Lipinski definition) is 6. The van der Waals surface area contributed by atoms with Crippen LogP contribution in [0.1, 0.15) is 46.9 Å². The van der Waals surface area contributed by atoms with Gasteiger partial charge in [-0.1, -0.05) is 25.1 Å². The van der Waals surface area contributed by atoms with Gasteiger partial charge in [0.2, 0.25) is 0 Å². The molecule has 0 unspecified atom stereocenters. The first-order valence-corrected chi connectivity index (χ1v) is 13.5. The highest BCUT2D eigenvalue weighted by Gasteiger charge is 2.22. The lowest BCUT2D eigenvalue weighted by atomic mass is 9.99. The highest BCUT2D eigenvalue weighted by Crippen LogP contribution is 2.37. The maximum absolute atomic E-state index is 12.0. The van der Waals surface area contributed by atoms with Crippen LogP contribution in [0.4, 0.5) is 0 Å². The van der Waals surface area contributed by atoms with Crippen LogP contribution in [-0.4, -0.2) is 34.3 Å². The van der Waals surface area contributed by atoms with Gasteiger partial charge in [0.1, 0.15) is 0 Å². The van der Waals surface area contributed by atoms with Crippen LogP contribution in [0, 0.1) is 20.8 Å². The molecular formula is C25H29N3O4S2. The molecule has 0 aliphatic heterocycles. The second kappa shape index (κ2) is 9.58. The average molecular weight is 500 g/mol. The van der Waals surface area contributed by atoms with E-state index < -0.39 is 10.1 Å². The fraction of sp³-hybridized carbons (Fsp3) is 0.360. The Hall–Kier alpha value is -2.59. The SMILES string of the molecule is CCOCc1cc(Cn2nc(C)c3c(C)nc(CC)cc32)ccc1-c1cc(C)sc1S(=O)(=O)O. The Morgan fingerprint density at radius 1 is 1.06 bits per heavy atom. The minimum Gasteiger partial charge on any atom is -0.377 e. The fourth-order valence-electron chi connectivity index (χ4n) is 4.34. The summed E-state index contributed by atoms with van der Waals surface area (Å²) in [5.41, 5.74) is 7.14. The summed E-state index contributed by atoms with van der Waals surface area (Å²) in [6.45, 7) is 11.3. The summed E-state index contributed by atoms with van der Waals surface area (Å²) < 4.78 is 41.4. The summed E-state index contributed by atoms with van der Waals surface area (Å²) in [4.78, 5) is 5.49. The topological polar surface area (TPSA) is 94.3 Å². The van der Waals surface area contributed by atoms with Crippen molar-refractivity contribution in [3.8, 4) is 11.1 Å². The zero-order valence-electron chi connectivity index (χ0n) is 20.0. The van der Waals surface area contributed by atoms with Gasteiger partial charge in [0, 0.05) is 33.8 Å². The Balaban J connectivity index is 1.80. The number of aryl methyl sites for hydroxylation is 4. The van der Waals surface area contributed by atoms with E-state index in [0.717, 1.165) is 67.3 Å². The molecule has 34 heavy (non-hydrogen) atoms. The Labute approximate surface area is 204 Å². The van der Waals surface area contributed by atoms with Crippen molar-refractivity contribution in [1.29, 1.82) is 0 Å². The molecule has 0 saturated carbocycles. The van der Waals surface area contributed by atoms with Gasteiger partial charge < -0.3 is 4.74 Å². The monoisotopic (exact) mass is 499 g/mol. The second-order valence-electron chi connectivity index (χ2n) is 8.35. The molecule has 3 heterocycles. The molecule has 4 rings (SSSR count). The normalized spacial score (nSPS) is 12.1. The van der Waals surface area contributed by atoms with E-state index >= 15 is 0 Å². The summed E-state index contributed by atoms with van der Waals surface area (Å²) >= 11 is 1.07. The first kappa shape index (κ1) is 24.5. The smallest absolute Gasteiger partial charge is 0.304 e. The summed E-state index contributed by atoms with van der Waals surface area (Å²) in [6.07, 6.45) is 0.852. The van der Waals surface area contributed by atoms with Gasteiger partial charge in [-0.05, 0) is 62.9 Å². The first-order valence-electron chi connectivity index (χ1n) is 11.2. The number of pyridine rings is 1. The lowest BCUT2D eigenvalue weighted by molar-refractivity contribution is 0.134. The molecule has 1 N–H and O–H groups in total. The molecule has 0 radical (unpaired) electrons. The number of hydrogen-bond donors (Lipinski definition) is 1. The number of aromatic nitrogens is 3. The van der Waals surface area contributed by atoms with Crippen LogP contribution in [0.2, 0.25) is 0 Å². The maximum atomic E-state index is 12.0. The molecule has 9 heteroatoms. The molecule has 0 fully saturated rings. The van der Waals surface area contributed by atoms with Crippen molar-refractivity contribution < 1.29 is 17.7 Å². The van der Waals surface area contributed by atoms with Gasteiger partial charge in [0.05, 0.1) is 24.4 Å². The highest BCUT2D eigenvalue weighted by molar-refractivity contribution is 7.88. The van der Waals surface area contributed by atoms with E-state index in [4.69, 9.17) is 9.84 Å². The Morgan fingerprint density at radius 2 is 1.82 bits per heavy atom. The predicted molar refractivity (Wildman–Crippen MR) is 135 cm³/mol. The summed E-state index contributed by atoms with van der Waals surface area (Å²) in [5.74, 6) is 0. The van der Waals surface area contributed by atoms with E-state index in [0.29, 0.717) is 25.3 Å². The van der Waals surface area contributed by atoms with Crippen molar-refractivity contribution in [1.82, 2.24) is 14.8 Å². The fourth-order valence-corrected chi connectivity index (χ4v) is 6.35. The number of fused-ring (bicyclic) bond motifs is 1. The van der Waals surface area contributed by atoms with Crippen LogP contribution >= 0.6 is 11.3 Å². The first-order chi connectivity index (χ1) is 16.1.